The molecule has 0 fully saturated rings. The summed E-state index contributed by atoms with van der Waals surface area (Å²) in [6.07, 6.45) is 0.786. The minimum atomic E-state index is -3.83. The minimum Gasteiger partial charge on any atom is -0.305 e. The first-order valence-corrected chi connectivity index (χ1v) is 11.4. The lowest BCUT2D eigenvalue weighted by Gasteiger charge is -2.23. The molecule has 3 aromatic carbocycles. The van der Waals surface area contributed by atoms with Crippen LogP contribution in [0.25, 0.3) is 0 Å². The van der Waals surface area contributed by atoms with Gasteiger partial charge in [-0.05, 0) is 68.7 Å². The normalized spacial score (nSPS) is 15.7. The van der Waals surface area contributed by atoms with Crippen LogP contribution in [0.4, 0.5) is 11.4 Å². The summed E-state index contributed by atoms with van der Waals surface area (Å²) in [6, 6.07) is 19.8. The largest absolute Gasteiger partial charge is 0.305 e. The van der Waals surface area contributed by atoms with E-state index in [0.717, 1.165) is 23.2 Å². The van der Waals surface area contributed by atoms with Crippen LogP contribution in [0.5, 0.6) is 0 Å². The van der Waals surface area contributed by atoms with Crippen molar-refractivity contribution in [1.82, 2.24) is 0 Å². The lowest BCUT2D eigenvalue weighted by atomic mass is 10.1. The van der Waals surface area contributed by atoms with Crippen LogP contribution < -0.4 is 9.62 Å². The smallest absolute Gasteiger partial charge is 0.262 e. The molecule has 0 spiro atoms. The Morgan fingerprint density at radius 2 is 1.70 bits per heavy atom. The molecule has 154 valence electrons. The lowest BCUT2D eigenvalue weighted by molar-refractivity contribution is 0.0981. The first-order valence-electron chi connectivity index (χ1n) is 9.88. The van der Waals surface area contributed by atoms with Crippen molar-refractivity contribution in [1.29, 1.82) is 0 Å². The number of carbonyl (C=O) groups is 1. The van der Waals surface area contributed by atoms with Gasteiger partial charge in [0, 0.05) is 23.0 Å². The maximum absolute atomic E-state index is 13.3. The van der Waals surface area contributed by atoms with Crippen LogP contribution in [-0.2, 0) is 16.4 Å². The Morgan fingerprint density at radius 3 is 2.43 bits per heavy atom. The van der Waals surface area contributed by atoms with E-state index in [1.165, 1.54) is 6.07 Å². The first kappa shape index (κ1) is 20.2. The summed E-state index contributed by atoms with van der Waals surface area (Å²) >= 11 is 0. The Morgan fingerprint density at radius 1 is 1.00 bits per heavy atom. The molecule has 5 nitrogen and oxygen atoms in total. The fourth-order valence-electron chi connectivity index (χ4n) is 3.87. The van der Waals surface area contributed by atoms with E-state index in [1.807, 2.05) is 50.2 Å². The Bertz CT molecular complexity index is 1220. The number of rotatable bonds is 4. The van der Waals surface area contributed by atoms with Crippen molar-refractivity contribution in [3.8, 4) is 0 Å². The molecular formula is C24H24N2O3S. The molecule has 4 rings (SSSR count). The van der Waals surface area contributed by atoms with Crippen molar-refractivity contribution < 1.29 is 13.2 Å². The number of para-hydroxylation sites is 1. The van der Waals surface area contributed by atoms with Crippen molar-refractivity contribution in [2.45, 2.75) is 38.1 Å². The molecule has 1 unspecified atom stereocenters. The maximum Gasteiger partial charge on any atom is 0.262 e. The Balaban J connectivity index is 1.68. The van der Waals surface area contributed by atoms with Gasteiger partial charge in [0.05, 0.1) is 4.90 Å². The number of aryl methyl sites for hydroxylation is 2. The second-order valence-corrected chi connectivity index (χ2v) is 9.46. The van der Waals surface area contributed by atoms with E-state index in [2.05, 4.69) is 4.72 Å². The number of fused-ring (bicyclic) bond motifs is 1. The number of benzene rings is 3. The molecular weight excluding hydrogens is 396 g/mol. The molecule has 3 aromatic rings. The van der Waals surface area contributed by atoms with Gasteiger partial charge in [0.25, 0.3) is 15.9 Å². The molecule has 1 heterocycles. The summed E-state index contributed by atoms with van der Waals surface area (Å²) in [4.78, 5) is 15.2. The zero-order valence-corrected chi connectivity index (χ0v) is 18.0. The van der Waals surface area contributed by atoms with Crippen LogP contribution in [0.3, 0.4) is 0 Å². The predicted octanol–water partition coefficient (Wildman–Crippen LogP) is 4.70. The molecule has 0 aliphatic carbocycles. The van der Waals surface area contributed by atoms with E-state index in [-0.39, 0.29) is 16.8 Å². The predicted molar refractivity (Wildman–Crippen MR) is 120 cm³/mol. The molecule has 0 aromatic heterocycles. The monoisotopic (exact) mass is 420 g/mol. The van der Waals surface area contributed by atoms with Crippen molar-refractivity contribution in [3.63, 3.8) is 0 Å². The summed E-state index contributed by atoms with van der Waals surface area (Å²) in [7, 11) is -3.83. The molecule has 6 heteroatoms. The van der Waals surface area contributed by atoms with Crippen molar-refractivity contribution in [3.05, 3.63) is 89.0 Å². The maximum atomic E-state index is 13.3. The lowest BCUT2D eigenvalue weighted by Crippen LogP contribution is -2.35. The van der Waals surface area contributed by atoms with Crippen molar-refractivity contribution in [2.75, 3.05) is 9.62 Å². The topological polar surface area (TPSA) is 66.5 Å². The average Bonchev–Trinajstić information content (AvgIpc) is 3.05. The van der Waals surface area contributed by atoms with E-state index in [0.29, 0.717) is 16.8 Å². The fraction of sp³-hybridized carbons (Fsp3) is 0.208. The molecule has 0 radical (unpaired) electrons. The van der Waals surface area contributed by atoms with Gasteiger partial charge < -0.3 is 4.90 Å². The van der Waals surface area contributed by atoms with Gasteiger partial charge in [-0.3, -0.25) is 9.52 Å². The number of nitrogens with one attached hydrogen (secondary N) is 1. The SMILES string of the molecule is Cc1ccc(NS(=O)(=O)c2cc(C(=O)N3c4ccccc4CC3C)ccc2C)cc1. The van der Waals surface area contributed by atoms with Crippen molar-refractivity contribution >= 4 is 27.3 Å². The van der Waals surface area contributed by atoms with E-state index in [9.17, 15) is 13.2 Å². The molecule has 1 aliphatic heterocycles. The van der Waals surface area contributed by atoms with Crippen LogP contribution in [0.2, 0.25) is 0 Å². The van der Waals surface area contributed by atoms with Crippen LogP contribution in [0.1, 0.15) is 34.0 Å². The van der Waals surface area contributed by atoms with Crippen LogP contribution in [0.15, 0.2) is 71.6 Å². The van der Waals surface area contributed by atoms with Crippen LogP contribution >= 0.6 is 0 Å². The standard InChI is InChI=1S/C24H24N2O3S/c1-16-8-12-21(13-9-16)25-30(28,29)23-15-20(11-10-17(23)2)24(27)26-18(3)14-19-6-4-5-7-22(19)26/h4-13,15,18,25H,14H2,1-3H3. The first-order chi connectivity index (χ1) is 14.3. The van der Waals surface area contributed by atoms with Gasteiger partial charge in [-0.15, -0.1) is 0 Å². The Hall–Kier alpha value is -3.12. The summed E-state index contributed by atoms with van der Waals surface area (Å²) in [5, 5.41) is 0. The number of amides is 1. The summed E-state index contributed by atoms with van der Waals surface area (Å²) in [6.45, 7) is 5.67. The number of anilines is 2. The van der Waals surface area contributed by atoms with Crippen molar-refractivity contribution in [2.24, 2.45) is 0 Å². The van der Waals surface area contributed by atoms with Gasteiger partial charge in [0.15, 0.2) is 0 Å². The quantitative estimate of drug-likeness (QED) is 0.666. The molecule has 1 aliphatic rings. The van der Waals surface area contributed by atoms with E-state index in [1.54, 1.807) is 36.1 Å². The Labute approximate surface area is 177 Å². The van der Waals surface area contributed by atoms with E-state index >= 15 is 0 Å². The molecule has 0 saturated heterocycles. The highest BCUT2D eigenvalue weighted by Gasteiger charge is 2.32. The average molecular weight is 421 g/mol. The fourth-order valence-corrected chi connectivity index (χ4v) is 5.20. The highest BCUT2D eigenvalue weighted by atomic mass is 32.2. The van der Waals surface area contributed by atoms with Gasteiger partial charge in [0.1, 0.15) is 0 Å². The van der Waals surface area contributed by atoms with Gasteiger partial charge in [0.2, 0.25) is 0 Å². The minimum absolute atomic E-state index is 0.0157. The second-order valence-electron chi connectivity index (χ2n) is 7.81. The molecule has 1 amide bonds. The van der Waals surface area contributed by atoms with Gasteiger partial charge in [-0.25, -0.2) is 8.42 Å². The number of carbonyl (C=O) groups excluding carboxylic acids is 1. The van der Waals surface area contributed by atoms with Gasteiger partial charge >= 0.3 is 0 Å². The van der Waals surface area contributed by atoms with Gasteiger partial charge in [-0.2, -0.15) is 0 Å². The third-order valence-electron chi connectivity index (χ3n) is 5.45. The highest BCUT2D eigenvalue weighted by Crippen LogP contribution is 2.33. The molecule has 30 heavy (non-hydrogen) atoms. The number of sulfonamides is 1. The number of hydrogen-bond donors (Lipinski definition) is 1. The summed E-state index contributed by atoms with van der Waals surface area (Å²) in [5.74, 6) is -0.195. The van der Waals surface area contributed by atoms with Crippen LogP contribution in [-0.4, -0.2) is 20.4 Å². The summed E-state index contributed by atoms with van der Waals surface area (Å²) in [5.41, 5.74) is 4.48. The zero-order valence-electron chi connectivity index (χ0n) is 17.2. The van der Waals surface area contributed by atoms with Gasteiger partial charge in [-0.1, -0.05) is 42.0 Å². The number of hydrogen-bond acceptors (Lipinski definition) is 3. The van der Waals surface area contributed by atoms with E-state index in [4.69, 9.17) is 0 Å². The molecule has 0 bridgehead atoms. The van der Waals surface area contributed by atoms with E-state index < -0.39 is 10.0 Å². The molecule has 1 atom stereocenters. The molecule has 1 N–H and O–H groups in total. The Kier molecular flexibility index (Phi) is 5.12. The third kappa shape index (κ3) is 3.71. The van der Waals surface area contributed by atoms with Crippen LogP contribution in [0, 0.1) is 13.8 Å². The number of nitrogens with zero attached hydrogens (tertiary/aromatic N) is 1. The summed E-state index contributed by atoms with van der Waals surface area (Å²) < 4.78 is 28.7. The third-order valence-corrected chi connectivity index (χ3v) is 6.98. The molecule has 0 saturated carbocycles. The second kappa shape index (κ2) is 7.61. The highest BCUT2D eigenvalue weighted by molar-refractivity contribution is 7.92. The zero-order chi connectivity index (χ0) is 21.5.